The number of sulfonamides is 1. The summed E-state index contributed by atoms with van der Waals surface area (Å²) < 4.78 is 28.7. The number of aryl methyl sites for hydroxylation is 2. The number of piperidine rings is 1. The van der Waals surface area contributed by atoms with Crippen molar-refractivity contribution in [1.29, 1.82) is 0 Å². The molecule has 2 aliphatic rings. The van der Waals surface area contributed by atoms with Gasteiger partial charge in [0, 0.05) is 37.4 Å². The van der Waals surface area contributed by atoms with E-state index < -0.39 is 21.6 Å². The van der Waals surface area contributed by atoms with Crippen molar-refractivity contribution < 1.29 is 18.0 Å². The second-order valence-corrected chi connectivity index (χ2v) is 15.2. The molecule has 1 spiro atoms. The largest absolute Gasteiger partial charge is 0.342 e. The van der Waals surface area contributed by atoms with Gasteiger partial charge in [-0.3, -0.25) is 19.6 Å². The van der Waals surface area contributed by atoms with E-state index in [1.807, 2.05) is 49.9 Å². The predicted octanol–water partition coefficient (Wildman–Crippen LogP) is 3.35. The molecule has 1 aromatic heterocycles. The van der Waals surface area contributed by atoms with Crippen molar-refractivity contribution in [2.24, 2.45) is 5.92 Å². The van der Waals surface area contributed by atoms with Crippen LogP contribution in [0.5, 0.6) is 0 Å². The van der Waals surface area contributed by atoms with Gasteiger partial charge in [0.1, 0.15) is 11.6 Å². The third kappa shape index (κ3) is 7.78. The molecule has 2 aliphatic heterocycles. The van der Waals surface area contributed by atoms with E-state index in [-0.39, 0.29) is 22.8 Å². The summed E-state index contributed by atoms with van der Waals surface area (Å²) in [4.78, 5) is 34.1. The maximum absolute atomic E-state index is 13.8. The minimum Gasteiger partial charge on any atom is -0.342 e. The molecule has 0 radical (unpaired) electrons. The highest BCUT2D eigenvalue weighted by atomic mass is 32.2. The Morgan fingerprint density at radius 1 is 1.09 bits per heavy atom. The molecular weight excluding hydrogens is 590 g/mol. The number of hydrogen-bond acceptors (Lipinski definition) is 7. The number of H-pyrrole nitrogens is 1. The monoisotopic (exact) mass is 643 g/mol. The van der Waals surface area contributed by atoms with Gasteiger partial charge in [-0.1, -0.05) is 39.3 Å². The topological polar surface area (TPSA) is 131 Å². The summed E-state index contributed by atoms with van der Waals surface area (Å²) >= 11 is 0. The highest BCUT2D eigenvalue weighted by molar-refractivity contribution is 7.89. The zero-order valence-electron chi connectivity index (χ0n) is 28.1. The van der Waals surface area contributed by atoms with Crippen molar-refractivity contribution in [2.75, 3.05) is 46.8 Å². The summed E-state index contributed by atoms with van der Waals surface area (Å²) in [6.07, 6.45) is 4.21. The van der Waals surface area contributed by atoms with Crippen LogP contribution in [0, 0.1) is 19.8 Å². The number of benzene rings is 1. The van der Waals surface area contributed by atoms with E-state index in [1.54, 1.807) is 12.1 Å². The molecule has 4 rings (SSSR count). The first kappa shape index (κ1) is 35.1. The number of nitrogens with zero attached hydrogens (tertiary/aromatic N) is 4. The molecular formula is C33H53N7O4S. The molecule has 250 valence electrons. The number of rotatable bonds is 14. The third-order valence-corrected chi connectivity index (χ3v) is 10.8. The highest BCUT2D eigenvalue weighted by Crippen LogP contribution is 2.40. The summed E-state index contributed by atoms with van der Waals surface area (Å²) in [5.74, 6) is 0.296. The quantitative estimate of drug-likeness (QED) is 0.269. The molecule has 2 saturated heterocycles. The maximum atomic E-state index is 13.8. The van der Waals surface area contributed by atoms with Crippen LogP contribution >= 0.6 is 0 Å². The van der Waals surface area contributed by atoms with Crippen LogP contribution in [0.3, 0.4) is 0 Å². The number of nitrogens with one attached hydrogen (secondary N) is 3. The molecule has 0 aliphatic carbocycles. The van der Waals surface area contributed by atoms with Gasteiger partial charge in [-0.2, -0.15) is 5.10 Å². The van der Waals surface area contributed by atoms with Gasteiger partial charge in [-0.25, -0.2) is 13.1 Å². The summed E-state index contributed by atoms with van der Waals surface area (Å²) in [5.41, 5.74) is 2.96. The molecule has 2 fully saturated rings. The smallest absolute Gasteiger partial charge is 0.246 e. The van der Waals surface area contributed by atoms with Gasteiger partial charge < -0.3 is 15.1 Å². The number of piperazine rings is 1. The lowest BCUT2D eigenvalue weighted by molar-refractivity contribution is -0.162. The van der Waals surface area contributed by atoms with E-state index in [9.17, 15) is 18.0 Å². The van der Waals surface area contributed by atoms with Crippen molar-refractivity contribution in [3.63, 3.8) is 0 Å². The van der Waals surface area contributed by atoms with Crippen LogP contribution in [-0.4, -0.2) is 104 Å². The number of aromatic amines is 1. The average Bonchev–Trinajstić information content (AvgIpc) is 3.32. The van der Waals surface area contributed by atoms with Crippen LogP contribution in [0.1, 0.15) is 87.9 Å². The van der Waals surface area contributed by atoms with Crippen LogP contribution in [-0.2, 0) is 19.6 Å². The van der Waals surface area contributed by atoms with Gasteiger partial charge in [0.2, 0.25) is 21.8 Å². The zero-order chi connectivity index (χ0) is 32.9. The van der Waals surface area contributed by atoms with Crippen molar-refractivity contribution in [3.8, 4) is 0 Å². The molecule has 11 nitrogen and oxygen atoms in total. The first-order valence-electron chi connectivity index (χ1n) is 16.4. The lowest BCUT2D eigenvalue weighted by Crippen LogP contribution is -2.73. The van der Waals surface area contributed by atoms with E-state index in [0.717, 1.165) is 48.3 Å². The van der Waals surface area contributed by atoms with Crippen LogP contribution in [0.4, 0.5) is 0 Å². The summed E-state index contributed by atoms with van der Waals surface area (Å²) in [7, 11) is 0.291. The average molecular weight is 644 g/mol. The molecule has 3 N–H and O–H groups in total. The van der Waals surface area contributed by atoms with Crippen molar-refractivity contribution in [3.05, 3.63) is 46.8 Å². The minimum absolute atomic E-state index is 0.0374. The van der Waals surface area contributed by atoms with Gasteiger partial charge in [-0.15, -0.1) is 0 Å². The molecule has 2 amide bonds. The predicted molar refractivity (Wildman–Crippen MR) is 176 cm³/mol. The summed E-state index contributed by atoms with van der Waals surface area (Å²) in [6, 6.07) is 6.44. The van der Waals surface area contributed by atoms with Crippen molar-refractivity contribution in [1.82, 2.24) is 34.9 Å². The fourth-order valence-electron chi connectivity index (χ4n) is 6.83. The molecule has 12 heteroatoms. The Morgan fingerprint density at radius 2 is 1.76 bits per heavy atom. The molecule has 3 heterocycles. The number of likely N-dealkylation sites (tertiary alicyclic amines) is 1. The van der Waals surface area contributed by atoms with E-state index >= 15 is 0 Å². The van der Waals surface area contributed by atoms with Gasteiger partial charge >= 0.3 is 0 Å². The van der Waals surface area contributed by atoms with Gasteiger partial charge in [0.25, 0.3) is 0 Å². The van der Waals surface area contributed by atoms with Crippen molar-refractivity contribution >= 4 is 21.8 Å². The second kappa shape index (κ2) is 14.7. The first-order chi connectivity index (χ1) is 21.3. The Labute approximate surface area is 269 Å². The number of hydrogen-bond donors (Lipinski definition) is 3. The van der Waals surface area contributed by atoms with E-state index in [1.165, 1.54) is 0 Å². The number of amides is 2. The Hall–Kier alpha value is -2.80. The molecule has 1 unspecified atom stereocenters. The number of aromatic nitrogens is 2. The standard InChI is InChI=1S/C33H53N7O4S/c1-8-9-19-40-31(41)28(22-23(2)3)35-32(42)33(40)15-20-39(21-16-33)30(29-24(4)36-37-25(29)5)26-11-13-27(14-12-26)45(43,44)34-17-10-18-38(6)7/h11-14,23,28,30,34H,8-10,15-22H2,1-7H3,(H,35,42)(H,36,37)/t28-,30?/m0/s1. The molecule has 0 bridgehead atoms. The fourth-order valence-corrected chi connectivity index (χ4v) is 7.91. The molecule has 2 aromatic rings. The summed E-state index contributed by atoms with van der Waals surface area (Å²) in [6.45, 7) is 13.2. The van der Waals surface area contributed by atoms with E-state index in [0.29, 0.717) is 51.4 Å². The fraction of sp³-hybridized carbons (Fsp3) is 0.667. The van der Waals surface area contributed by atoms with Gasteiger partial charge in [-0.05, 0) is 90.2 Å². The SMILES string of the molecule is CCCCN1C(=O)[C@H](CC(C)C)NC(=O)C12CCN(C(c1ccc(S(=O)(=O)NCCCN(C)C)cc1)c1c(C)n[nH]c1C)CC2. The Morgan fingerprint density at radius 3 is 2.31 bits per heavy atom. The van der Waals surface area contributed by atoms with E-state index in [4.69, 9.17) is 0 Å². The Balaban J connectivity index is 1.59. The van der Waals surface area contributed by atoms with Crippen LogP contribution in [0.25, 0.3) is 0 Å². The normalized spacial score (nSPS) is 19.9. The van der Waals surface area contributed by atoms with Crippen LogP contribution < -0.4 is 10.0 Å². The Bertz CT molecular complexity index is 1390. The van der Waals surface area contributed by atoms with Crippen molar-refractivity contribution in [2.45, 2.75) is 95.7 Å². The van der Waals surface area contributed by atoms with Crippen LogP contribution in [0.15, 0.2) is 29.2 Å². The van der Waals surface area contributed by atoms with Crippen LogP contribution in [0.2, 0.25) is 0 Å². The number of carbonyl (C=O) groups excluding carboxylic acids is 2. The highest BCUT2D eigenvalue weighted by Gasteiger charge is 2.54. The minimum atomic E-state index is -3.63. The lowest BCUT2D eigenvalue weighted by atomic mass is 9.79. The Kier molecular flexibility index (Phi) is 11.5. The van der Waals surface area contributed by atoms with Gasteiger partial charge in [0.05, 0.1) is 16.6 Å². The van der Waals surface area contributed by atoms with Gasteiger partial charge in [0.15, 0.2) is 0 Å². The first-order valence-corrected chi connectivity index (χ1v) is 17.9. The molecule has 2 atom stereocenters. The molecule has 1 aromatic carbocycles. The third-order valence-electron chi connectivity index (χ3n) is 9.28. The summed E-state index contributed by atoms with van der Waals surface area (Å²) in [5, 5.41) is 10.7. The maximum Gasteiger partial charge on any atom is 0.246 e. The molecule has 45 heavy (non-hydrogen) atoms. The zero-order valence-corrected chi connectivity index (χ0v) is 29.0. The number of carbonyl (C=O) groups is 2. The second-order valence-electron chi connectivity index (χ2n) is 13.4. The van der Waals surface area contributed by atoms with E-state index in [2.05, 4.69) is 45.9 Å². The molecule has 0 saturated carbocycles. The number of unbranched alkanes of at least 4 members (excludes halogenated alkanes) is 1. The lowest BCUT2D eigenvalue weighted by Gasteiger charge is -2.52.